The Kier molecular flexibility index (Phi) is 6.55. The molecule has 4 heteroatoms. The molecule has 1 saturated heterocycles. The maximum absolute atomic E-state index is 9.26. The second-order valence-electron chi connectivity index (χ2n) is 5.16. The highest BCUT2D eigenvalue weighted by Crippen LogP contribution is 2.16. The number of hydrogen-bond donors (Lipinski definition) is 2. The SMILES string of the molecule is OCCC#Cc1ccc(OCCN2CCCC2CO)cc1. The Balaban J connectivity index is 1.75. The fourth-order valence-electron chi connectivity index (χ4n) is 2.53. The third-order valence-electron chi connectivity index (χ3n) is 3.68. The molecule has 0 aromatic heterocycles. The molecule has 0 saturated carbocycles. The summed E-state index contributed by atoms with van der Waals surface area (Å²) in [5, 5.41) is 17.9. The standard InChI is InChI=1S/C17H23NO3/c19-12-2-1-4-15-6-8-17(9-7-15)21-13-11-18-10-3-5-16(18)14-20/h6-9,16,19-20H,2-3,5,10-14H2. The maximum atomic E-state index is 9.26. The largest absolute Gasteiger partial charge is 0.492 e. The summed E-state index contributed by atoms with van der Waals surface area (Å²) in [5.74, 6) is 6.71. The smallest absolute Gasteiger partial charge is 0.119 e. The number of nitrogens with zero attached hydrogens (tertiary/aromatic N) is 1. The van der Waals surface area contributed by atoms with E-state index in [4.69, 9.17) is 9.84 Å². The van der Waals surface area contributed by atoms with Gasteiger partial charge in [-0.05, 0) is 43.7 Å². The first-order chi connectivity index (χ1) is 10.3. The van der Waals surface area contributed by atoms with Crippen LogP contribution in [0, 0.1) is 11.8 Å². The first kappa shape index (κ1) is 15.8. The van der Waals surface area contributed by atoms with E-state index in [0.717, 1.165) is 37.2 Å². The highest BCUT2D eigenvalue weighted by atomic mass is 16.5. The van der Waals surface area contributed by atoms with Gasteiger partial charge >= 0.3 is 0 Å². The minimum Gasteiger partial charge on any atom is -0.492 e. The van der Waals surface area contributed by atoms with Crippen molar-refractivity contribution in [1.29, 1.82) is 0 Å². The van der Waals surface area contributed by atoms with E-state index in [1.807, 2.05) is 24.3 Å². The highest BCUT2D eigenvalue weighted by Gasteiger charge is 2.22. The molecule has 1 atom stereocenters. The molecule has 1 aliphatic heterocycles. The van der Waals surface area contributed by atoms with E-state index >= 15 is 0 Å². The minimum absolute atomic E-state index is 0.0968. The van der Waals surface area contributed by atoms with E-state index in [1.54, 1.807) is 0 Å². The summed E-state index contributed by atoms with van der Waals surface area (Å²) in [4.78, 5) is 2.29. The van der Waals surface area contributed by atoms with Crippen molar-refractivity contribution in [3.8, 4) is 17.6 Å². The highest BCUT2D eigenvalue weighted by molar-refractivity contribution is 5.38. The lowest BCUT2D eigenvalue weighted by molar-refractivity contribution is 0.139. The van der Waals surface area contributed by atoms with Crippen molar-refractivity contribution in [1.82, 2.24) is 4.90 Å². The maximum Gasteiger partial charge on any atom is 0.119 e. The fraction of sp³-hybridized carbons (Fsp3) is 0.529. The van der Waals surface area contributed by atoms with Gasteiger partial charge in [-0.15, -0.1) is 0 Å². The van der Waals surface area contributed by atoms with Crippen LogP contribution < -0.4 is 4.74 Å². The second-order valence-corrected chi connectivity index (χ2v) is 5.16. The molecule has 1 heterocycles. The molecular formula is C17H23NO3. The van der Waals surface area contributed by atoms with Crippen LogP contribution in [0.2, 0.25) is 0 Å². The monoisotopic (exact) mass is 289 g/mol. The van der Waals surface area contributed by atoms with Gasteiger partial charge in [0.05, 0.1) is 13.2 Å². The number of likely N-dealkylation sites (tertiary alicyclic amines) is 1. The number of aliphatic hydroxyl groups excluding tert-OH is 2. The Morgan fingerprint density at radius 2 is 2.05 bits per heavy atom. The van der Waals surface area contributed by atoms with E-state index in [0.29, 0.717) is 19.1 Å². The van der Waals surface area contributed by atoms with Gasteiger partial charge < -0.3 is 14.9 Å². The second kappa shape index (κ2) is 8.68. The number of benzene rings is 1. The van der Waals surface area contributed by atoms with Crippen LogP contribution in [0.5, 0.6) is 5.75 Å². The third kappa shape index (κ3) is 5.05. The molecule has 0 spiro atoms. The predicted octanol–water partition coefficient (Wildman–Crippen LogP) is 1.26. The van der Waals surface area contributed by atoms with Crippen molar-refractivity contribution >= 4 is 0 Å². The van der Waals surface area contributed by atoms with Crippen molar-refractivity contribution < 1.29 is 14.9 Å². The lowest BCUT2D eigenvalue weighted by atomic mass is 10.2. The van der Waals surface area contributed by atoms with Gasteiger partial charge in [0.15, 0.2) is 0 Å². The van der Waals surface area contributed by atoms with Gasteiger partial charge in [0.1, 0.15) is 12.4 Å². The minimum atomic E-state index is 0.0968. The van der Waals surface area contributed by atoms with Crippen molar-refractivity contribution in [3.63, 3.8) is 0 Å². The summed E-state index contributed by atoms with van der Waals surface area (Å²) in [6.07, 6.45) is 2.74. The van der Waals surface area contributed by atoms with E-state index < -0.39 is 0 Å². The van der Waals surface area contributed by atoms with Crippen LogP contribution in [0.25, 0.3) is 0 Å². The van der Waals surface area contributed by atoms with Gasteiger partial charge in [-0.25, -0.2) is 0 Å². The molecule has 1 aromatic carbocycles. The number of ether oxygens (including phenoxy) is 1. The zero-order chi connectivity index (χ0) is 14.9. The Labute approximate surface area is 126 Å². The first-order valence-electron chi connectivity index (χ1n) is 7.51. The molecule has 2 N–H and O–H groups in total. The van der Waals surface area contributed by atoms with Crippen molar-refractivity contribution in [3.05, 3.63) is 29.8 Å². The fourth-order valence-corrected chi connectivity index (χ4v) is 2.53. The van der Waals surface area contributed by atoms with Gasteiger partial charge in [-0.2, -0.15) is 0 Å². The van der Waals surface area contributed by atoms with Crippen LogP contribution in [0.15, 0.2) is 24.3 Å². The Bertz CT molecular complexity index is 475. The third-order valence-corrected chi connectivity index (χ3v) is 3.68. The lowest BCUT2D eigenvalue weighted by Crippen LogP contribution is -2.35. The average molecular weight is 289 g/mol. The summed E-state index contributed by atoms with van der Waals surface area (Å²) in [6.45, 7) is 2.87. The van der Waals surface area contributed by atoms with Gasteiger partial charge in [0.25, 0.3) is 0 Å². The lowest BCUT2D eigenvalue weighted by Gasteiger charge is -2.22. The number of hydrogen-bond acceptors (Lipinski definition) is 4. The summed E-state index contributed by atoms with van der Waals surface area (Å²) >= 11 is 0. The van der Waals surface area contributed by atoms with E-state index in [-0.39, 0.29) is 13.2 Å². The number of rotatable bonds is 6. The van der Waals surface area contributed by atoms with Crippen LogP contribution in [-0.4, -0.2) is 54.1 Å². The van der Waals surface area contributed by atoms with Crippen molar-refractivity contribution in [2.75, 3.05) is 32.9 Å². The van der Waals surface area contributed by atoms with Crippen LogP contribution in [-0.2, 0) is 0 Å². The Morgan fingerprint density at radius 3 is 2.76 bits per heavy atom. The van der Waals surface area contributed by atoms with E-state index in [1.165, 1.54) is 0 Å². The molecular weight excluding hydrogens is 266 g/mol. The molecule has 114 valence electrons. The Morgan fingerprint density at radius 1 is 1.24 bits per heavy atom. The van der Waals surface area contributed by atoms with Gasteiger partial charge in [0, 0.05) is 24.6 Å². The molecule has 2 rings (SSSR count). The predicted molar refractivity (Wildman–Crippen MR) is 82.2 cm³/mol. The molecule has 1 unspecified atom stereocenters. The van der Waals surface area contributed by atoms with Gasteiger partial charge in [-0.1, -0.05) is 11.8 Å². The average Bonchev–Trinajstić information content (AvgIpc) is 2.97. The molecule has 0 amide bonds. The first-order valence-corrected chi connectivity index (χ1v) is 7.51. The topological polar surface area (TPSA) is 52.9 Å². The summed E-state index contributed by atoms with van der Waals surface area (Å²) in [6, 6.07) is 7.98. The zero-order valence-corrected chi connectivity index (χ0v) is 12.3. The molecule has 1 aliphatic rings. The van der Waals surface area contributed by atoms with Crippen LogP contribution in [0.4, 0.5) is 0 Å². The number of aliphatic hydroxyl groups is 2. The van der Waals surface area contributed by atoms with E-state index in [9.17, 15) is 5.11 Å². The zero-order valence-electron chi connectivity index (χ0n) is 12.3. The normalized spacial score (nSPS) is 18.3. The van der Waals surface area contributed by atoms with E-state index in [2.05, 4.69) is 16.7 Å². The molecule has 1 aromatic rings. The van der Waals surface area contributed by atoms with Crippen molar-refractivity contribution in [2.24, 2.45) is 0 Å². The summed E-state index contributed by atoms with van der Waals surface area (Å²) in [7, 11) is 0. The molecule has 21 heavy (non-hydrogen) atoms. The summed E-state index contributed by atoms with van der Waals surface area (Å²) < 4.78 is 5.73. The van der Waals surface area contributed by atoms with Gasteiger partial charge in [0.2, 0.25) is 0 Å². The molecule has 4 nitrogen and oxygen atoms in total. The molecule has 0 bridgehead atoms. The van der Waals surface area contributed by atoms with Crippen LogP contribution >= 0.6 is 0 Å². The van der Waals surface area contributed by atoms with Crippen molar-refractivity contribution in [2.45, 2.75) is 25.3 Å². The molecule has 1 fully saturated rings. The van der Waals surface area contributed by atoms with Gasteiger partial charge in [-0.3, -0.25) is 4.90 Å². The van der Waals surface area contributed by atoms with Crippen LogP contribution in [0.1, 0.15) is 24.8 Å². The molecule has 0 radical (unpaired) electrons. The summed E-state index contributed by atoms with van der Waals surface area (Å²) in [5.41, 5.74) is 0.927. The quantitative estimate of drug-likeness (QED) is 0.774. The van der Waals surface area contributed by atoms with Crippen LogP contribution in [0.3, 0.4) is 0 Å². The molecule has 0 aliphatic carbocycles. The Hall–Kier alpha value is -1.54.